The van der Waals surface area contributed by atoms with Crippen molar-refractivity contribution in [3.63, 3.8) is 0 Å². The minimum absolute atomic E-state index is 0.0422. The van der Waals surface area contributed by atoms with Gasteiger partial charge >= 0.3 is 0 Å². The first-order chi connectivity index (χ1) is 13.8. The number of hydrogen-bond acceptors (Lipinski definition) is 4. The molecule has 3 atom stereocenters. The van der Waals surface area contributed by atoms with Crippen molar-refractivity contribution in [1.82, 2.24) is 14.5 Å². The number of rotatable bonds is 4. The van der Waals surface area contributed by atoms with Gasteiger partial charge in [-0.1, -0.05) is 24.3 Å². The second kappa shape index (κ2) is 7.41. The van der Waals surface area contributed by atoms with Crippen LogP contribution in [-0.4, -0.2) is 39.6 Å². The molecule has 0 spiro atoms. The summed E-state index contributed by atoms with van der Waals surface area (Å²) in [5, 5.41) is 0. The highest BCUT2D eigenvalue weighted by atomic mass is 16.5. The average molecular weight is 374 g/mol. The third kappa shape index (κ3) is 3.32. The lowest BCUT2D eigenvalue weighted by Gasteiger charge is -2.38. The van der Waals surface area contributed by atoms with Gasteiger partial charge in [0.15, 0.2) is 0 Å². The van der Waals surface area contributed by atoms with Crippen LogP contribution in [0.5, 0.6) is 5.75 Å². The SMILES string of the molecule is N[C@@H]1CCCN([C@@H]2Cc3ccccc3[C@H]2Oc2ccc(-n3ccnc3)cc2)C1. The van der Waals surface area contributed by atoms with Gasteiger partial charge in [-0.3, -0.25) is 4.90 Å². The first-order valence-corrected chi connectivity index (χ1v) is 10.1. The van der Waals surface area contributed by atoms with Gasteiger partial charge in [-0.05, 0) is 61.2 Å². The fourth-order valence-corrected chi connectivity index (χ4v) is 4.60. The fourth-order valence-electron chi connectivity index (χ4n) is 4.60. The molecule has 0 unspecified atom stereocenters. The van der Waals surface area contributed by atoms with E-state index in [1.54, 1.807) is 12.5 Å². The number of imidazole rings is 1. The van der Waals surface area contributed by atoms with Crippen LogP contribution in [0.3, 0.4) is 0 Å². The van der Waals surface area contributed by atoms with Crippen LogP contribution in [0.25, 0.3) is 5.69 Å². The van der Waals surface area contributed by atoms with Crippen molar-refractivity contribution in [3.8, 4) is 11.4 Å². The second-order valence-electron chi connectivity index (χ2n) is 7.87. The Kier molecular flexibility index (Phi) is 4.63. The Morgan fingerprint density at radius 2 is 1.93 bits per heavy atom. The van der Waals surface area contributed by atoms with Crippen molar-refractivity contribution in [2.24, 2.45) is 5.73 Å². The topological polar surface area (TPSA) is 56.3 Å². The van der Waals surface area contributed by atoms with E-state index in [-0.39, 0.29) is 12.1 Å². The maximum atomic E-state index is 6.57. The molecule has 5 heteroatoms. The molecule has 1 aliphatic heterocycles. The molecule has 1 saturated heterocycles. The van der Waals surface area contributed by atoms with Crippen molar-refractivity contribution in [3.05, 3.63) is 78.4 Å². The smallest absolute Gasteiger partial charge is 0.140 e. The standard InChI is InChI=1S/C23H26N4O/c24-18-5-3-12-26(15-18)22-14-17-4-1-2-6-21(17)23(22)28-20-9-7-19(8-10-20)27-13-11-25-16-27/h1-2,4,6-11,13,16,18,22-23H,3,5,12,14-15,24H2/t18-,22-,23-/m1/s1. The lowest BCUT2D eigenvalue weighted by atomic mass is 10.0. The molecule has 0 bridgehead atoms. The molecule has 5 nitrogen and oxygen atoms in total. The lowest BCUT2D eigenvalue weighted by Crippen LogP contribution is -2.49. The number of benzene rings is 2. The van der Waals surface area contributed by atoms with E-state index in [9.17, 15) is 0 Å². The maximum absolute atomic E-state index is 6.57. The first kappa shape index (κ1) is 17.5. The number of nitrogens with two attached hydrogens (primary N) is 1. The molecule has 1 fully saturated rings. The first-order valence-electron chi connectivity index (χ1n) is 10.1. The molecule has 2 N–H and O–H groups in total. The molecule has 28 heavy (non-hydrogen) atoms. The molecule has 2 aromatic carbocycles. The molecule has 1 aliphatic carbocycles. The van der Waals surface area contributed by atoms with Crippen LogP contribution in [0.2, 0.25) is 0 Å². The van der Waals surface area contributed by atoms with Crippen molar-refractivity contribution in [2.75, 3.05) is 13.1 Å². The van der Waals surface area contributed by atoms with Crippen LogP contribution >= 0.6 is 0 Å². The number of fused-ring (bicyclic) bond motifs is 1. The second-order valence-corrected chi connectivity index (χ2v) is 7.87. The van der Waals surface area contributed by atoms with Gasteiger partial charge in [0, 0.05) is 30.7 Å². The van der Waals surface area contributed by atoms with Gasteiger partial charge in [0.25, 0.3) is 0 Å². The van der Waals surface area contributed by atoms with E-state index in [4.69, 9.17) is 10.5 Å². The van der Waals surface area contributed by atoms with Gasteiger partial charge in [-0.2, -0.15) is 0 Å². The van der Waals surface area contributed by atoms with Crippen molar-refractivity contribution >= 4 is 0 Å². The summed E-state index contributed by atoms with van der Waals surface area (Å²) in [4.78, 5) is 6.65. The number of likely N-dealkylation sites (tertiary alicyclic amines) is 1. The third-order valence-corrected chi connectivity index (χ3v) is 6.00. The number of piperidine rings is 1. The van der Waals surface area contributed by atoms with Gasteiger partial charge in [0.2, 0.25) is 0 Å². The Bertz CT molecular complexity index is 922. The molecule has 5 rings (SSSR count). The summed E-state index contributed by atoms with van der Waals surface area (Å²) in [6, 6.07) is 17.5. The zero-order chi connectivity index (χ0) is 18.9. The average Bonchev–Trinajstić information content (AvgIpc) is 3.38. The van der Waals surface area contributed by atoms with Gasteiger partial charge in [-0.15, -0.1) is 0 Å². The van der Waals surface area contributed by atoms with Crippen molar-refractivity contribution < 1.29 is 4.74 Å². The van der Waals surface area contributed by atoms with Crippen LogP contribution < -0.4 is 10.5 Å². The van der Waals surface area contributed by atoms with Crippen LogP contribution in [0, 0.1) is 0 Å². The molecule has 2 aliphatic rings. The molecule has 3 aromatic rings. The van der Waals surface area contributed by atoms with Crippen LogP contribution in [0.1, 0.15) is 30.1 Å². The van der Waals surface area contributed by atoms with Gasteiger partial charge in [0.1, 0.15) is 11.9 Å². The highest BCUT2D eigenvalue weighted by Crippen LogP contribution is 2.38. The monoisotopic (exact) mass is 374 g/mol. The Morgan fingerprint density at radius 1 is 1.07 bits per heavy atom. The zero-order valence-electron chi connectivity index (χ0n) is 15.9. The van der Waals surface area contributed by atoms with E-state index in [0.29, 0.717) is 6.04 Å². The van der Waals surface area contributed by atoms with Crippen molar-refractivity contribution in [2.45, 2.75) is 37.5 Å². The Balaban J connectivity index is 1.40. The van der Waals surface area contributed by atoms with Gasteiger partial charge < -0.3 is 15.0 Å². The summed E-state index contributed by atoms with van der Waals surface area (Å²) in [5.74, 6) is 0.900. The maximum Gasteiger partial charge on any atom is 0.140 e. The van der Waals surface area contributed by atoms with E-state index < -0.39 is 0 Å². The molecular weight excluding hydrogens is 348 g/mol. The molecule has 1 aromatic heterocycles. The molecular formula is C23H26N4O. The van der Waals surface area contributed by atoms with Gasteiger partial charge in [-0.25, -0.2) is 4.98 Å². The van der Waals surface area contributed by atoms with E-state index in [0.717, 1.165) is 37.4 Å². The van der Waals surface area contributed by atoms with Crippen LogP contribution in [0.4, 0.5) is 0 Å². The molecule has 0 amide bonds. The summed E-state index contributed by atoms with van der Waals surface area (Å²) in [6.45, 7) is 2.06. The Hall–Kier alpha value is -2.63. The molecule has 0 radical (unpaired) electrons. The largest absolute Gasteiger partial charge is 0.484 e. The predicted molar refractivity (Wildman–Crippen MR) is 110 cm³/mol. The van der Waals surface area contributed by atoms with E-state index in [1.165, 1.54) is 17.5 Å². The van der Waals surface area contributed by atoms with Crippen molar-refractivity contribution in [1.29, 1.82) is 0 Å². The van der Waals surface area contributed by atoms with E-state index in [2.05, 4.69) is 58.4 Å². The molecule has 144 valence electrons. The highest BCUT2D eigenvalue weighted by molar-refractivity contribution is 5.40. The number of nitrogens with zero attached hydrogens (tertiary/aromatic N) is 3. The predicted octanol–water partition coefficient (Wildman–Crippen LogP) is 3.34. The minimum atomic E-state index is 0.0422. The molecule has 2 heterocycles. The van der Waals surface area contributed by atoms with E-state index in [1.807, 2.05) is 10.8 Å². The number of hydrogen-bond donors (Lipinski definition) is 1. The minimum Gasteiger partial charge on any atom is -0.484 e. The summed E-state index contributed by atoms with van der Waals surface area (Å²) in [6.07, 6.45) is 8.89. The Labute approximate surface area is 165 Å². The summed E-state index contributed by atoms with van der Waals surface area (Å²) in [7, 11) is 0. The van der Waals surface area contributed by atoms with Gasteiger partial charge in [0.05, 0.1) is 12.4 Å². The summed E-state index contributed by atoms with van der Waals surface area (Å²) < 4.78 is 8.56. The Morgan fingerprint density at radius 3 is 2.71 bits per heavy atom. The number of aromatic nitrogens is 2. The zero-order valence-corrected chi connectivity index (χ0v) is 15.9. The van der Waals surface area contributed by atoms with E-state index >= 15 is 0 Å². The van der Waals surface area contributed by atoms with Crippen LogP contribution in [-0.2, 0) is 6.42 Å². The molecule has 0 saturated carbocycles. The highest BCUT2D eigenvalue weighted by Gasteiger charge is 2.39. The summed E-state index contributed by atoms with van der Waals surface area (Å²) in [5.41, 5.74) is 10.1. The number of ether oxygens (including phenoxy) is 1. The lowest BCUT2D eigenvalue weighted by molar-refractivity contribution is 0.0593. The quantitative estimate of drug-likeness (QED) is 0.761. The summed E-state index contributed by atoms with van der Waals surface area (Å²) >= 11 is 0. The fraction of sp³-hybridized carbons (Fsp3) is 0.348. The van der Waals surface area contributed by atoms with Crippen LogP contribution in [0.15, 0.2) is 67.3 Å². The third-order valence-electron chi connectivity index (χ3n) is 6.00. The normalized spacial score (nSPS) is 24.8.